The van der Waals surface area contributed by atoms with E-state index in [1.54, 1.807) is 0 Å². The fourth-order valence-electron chi connectivity index (χ4n) is 2.62. The van der Waals surface area contributed by atoms with Gasteiger partial charge in [-0.05, 0) is 18.1 Å². The molecule has 1 amide bonds. The van der Waals surface area contributed by atoms with Gasteiger partial charge in [0.15, 0.2) is 5.82 Å². The number of ether oxygens (including phenoxy) is 1. The highest BCUT2D eigenvalue weighted by molar-refractivity contribution is 5.76. The average molecular weight is 315 g/mol. The van der Waals surface area contributed by atoms with Crippen LogP contribution in [0.15, 0.2) is 28.8 Å². The highest BCUT2D eigenvalue weighted by Gasteiger charge is 2.22. The molecule has 0 aliphatic carbocycles. The lowest BCUT2D eigenvalue weighted by Crippen LogP contribution is -2.34. The van der Waals surface area contributed by atoms with Crippen molar-refractivity contribution in [2.45, 2.75) is 45.1 Å². The molecule has 0 spiro atoms. The maximum atomic E-state index is 11.9. The Morgan fingerprint density at radius 3 is 3.04 bits per heavy atom. The summed E-state index contributed by atoms with van der Waals surface area (Å²) in [5, 5.41) is 6.79. The monoisotopic (exact) mass is 315 g/mol. The summed E-state index contributed by atoms with van der Waals surface area (Å²) in [6.45, 7) is 2.57. The van der Waals surface area contributed by atoms with Gasteiger partial charge < -0.3 is 14.6 Å². The Bertz CT molecular complexity index is 644. The highest BCUT2D eigenvalue weighted by Crippen LogP contribution is 2.27. The van der Waals surface area contributed by atoms with Crippen LogP contribution in [0, 0.1) is 0 Å². The number of aryl methyl sites for hydroxylation is 2. The number of nitrogens with one attached hydrogen (secondary N) is 1. The Kier molecular flexibility index (Phi) is 4.90. The van der Waals surface area contributed by atoms with Crippen LogP contribution in [-0.2, 0) is 24.1 Å². The summed E-state index contributed by atoms with van der Waals surface area (Å²) in [7, 11) is 0. The molecule has 122 valence electrons. The van der Waals surface area contributed by atoms with E-state index in [1.165, 1.54) is 5.56 Å². The fraction of sp³-hybridized carbons (Fsp3) is 0.471. The van der Waals surface area contributed by atoms with E-state index in [4.69, 9.17) is 9.26 Å². The van der Waals surface area contributed by atoms with Gasteiger partial charge in [0.05, 0.1) is 6.54 Å². The number of para-hydroxylation sites is 1. The number of aromatic nitrogens is 2. The van der Waals surface area contributed by atoms with Crippen molar-refractivity contribution in [2.24, 2.45) is 0 Å². The van der Waals surface area contributed by atoms with E-state index in [1.807, 2.05) is 18.2 Å². The van der Waals surface area contributed by atoms with Crippen molar-refractivity contribution in [2.75, 3.05) is 6.54 Å². The van der Waals surface area contributed by atoms with Crippen LogP contribution in [0.1, 0.15) is 37.0 Å². The summed E-state index contributed by atoms with van der Waals surface area (Å²) in [6.07, 6.45) is 3.43. The topological polar surface area (TPSA) is 77.2 Å². The van der Waals surface area contributed by atoms with Crippen molar-refractivity contribution in [3.05, 3.63) is 41.5 Å². The van der Waals surface area contributed by atoms with Crippen LogP contribution >= 0.6 is 0 Å². The molecule has 3 rings (SSSR count). The Morgan fingerprint density at radius 1 is 1.35 bits per heavy atom. The lowest BCUT2D eigenvalue weighted by molar-refractivity contribution is -0.121. The van der Waals surface area contributed by atoms with Gasteiger partial charge in [0.2, 0.25) is 11.8 Å². The van der Waals surface area contributed by atoms with Crippen molar-refractivity contribution in [3.63, 3.8) is 0 Å². The maximum Gasteiger partial charge on any atom is 0.227 e. The Balaban J connectivity index is 1.38. The minimum absolute atomic E-state index is 0.0101. The molecule has 0 saturated heterocycles. The summed E-state index contributed by atoms with van der Waals surface area (Å²) >= 11 is 0. The number of rotatable bonds is 7. The molecular formula is C17H21N3O3. The van der Waals surface area contributed by atoms with E-state index < -0.39 is 0 Å². The first kappa shape index (κ1) is 15.5. The van der Waals surface area contributed by atoms with Crippen LogP contribution in [0.5, 0.6) is 5.75 Å². The summed E-state index contributed by atoms with van der Waals surface area (Å²) in [6, 6.07) is 7.97. The van der Waals surface area contributed by atoms with Gasteiger partial charge in [-0.1, -0.05) is 30.3 Å². The second kappa shape index (κ2) is 7.26. The summed E-state index contributed by atoms with van der Waals surface area (Å²) in [5.41, 5.74) is 1.20. The molecule has 23 heavy (non-hydrogen) atoms. The molecule has 0 radical (unpaired) electrons. The smallest absolute Gasteiger partial charge is 0.227 e. The predicted molar refractivity (Wildman–Crippen MR) is 84.2 cm³/mol. The van der Waals surface area contributed by atoms with Gasteiger partial charge in [0.1, 0.15) is 11.9 Å². The minimum Gasteiger partial charge on any atom is -0.488 e. The van der Waals surface area contributed by atoms with Crippen molar-refractivity contribution < 1.29 is 14.1 Å². The van der Waals surface area contributed by atoms with Crippen LogP contribution in [-0.4, -0.2) is 28.7 Å². The lowest BCUT2D eigenvalue weighted by atomic mass is 10.1. The van der Waals surface area contributed by atoms with Gasteiger partial charge in [0, 0.05) is 25.7 Å². The van der Waals surface area contributed by atoms with E-state index in [0.29, 0.717) is 31.1 Å². The van der Waals surface area contributed by atoms with E-state index in [2.05, 4.69) is 28.4 Å². The number of carbonyl (C=O) groups is 1. The van der Waals surface area contributed by atoms with Gasteiger partial charge >= 0.3 is 0 Å². The van der Waals surface area contributed by atoms with Crippen LogP contribution < -0.4 is 10.1 Å². The standard InChI is InChI=1S/C17H21N3O3/c1-2-5-15-19-17(23-20-15)9-8-16(21)18-11-13-10-12-6-3-4-7-14(12)22-13/h3-4,6-7,13H,2,5,8-11H2,1H3,(H,18,21)/t13-/m0/s1. The second-order valence-electron chi connectivity index (χ2n) is 5.71. The molecule has 2 aromatic rings. The Morgan fingerprint density at radius 2 is 2.22 bits per heavy atom. The second-order valence-corrected chi connectivity index (χ2v) is 5.71. The zero-order chi connectivity index (χ0) is 16.1. The fourth-order valence-corrected chi connectivity index (χ4v) is 2.62. The molecule has 0 fully saturated rings. The molecule has 1 aromatic heterocycles. The molecule has 0 bridgehead atoms. The molecule has 0 unspecified atom stereocenters. The molecule has 2 heterocycles. The maximum absolute atomic E-state index is 11.9. The highest BCUT2D eigenvalue weighted by atomic mass is 16.5. The first-order valence-electron chi connectivity index (χ1n) is 8.07. The number of hydrogen-bond acceptors (Lipinski definition) is 5. The third kappa shape index (κ3) is 4.09. The third-order valence-corrected chi connectivity index (χ3v) is 3.79. The van der Waals surface area contributed by atoms with Gasteiger partial charge in [0.25, 0.3) is 0 Å². The molecule has 1 atom stereocenters. The molecule has 6 heteroatoms. The number of hydrogen-bond donors (Lipinski definition) is 1. The normalized spacial score (nSPS) is 16.0. The lowest BCUT2D eigenvalue weighted by Gasteiger charge is -2.11. The van der Waals surface area contributed by atoms with Crippen LogP contribution in [0.4, 0.5) is 0 Å². The van der Waals surface area contributed by atoms with E-state index >= 15 is 0 Å². The summed E-state index contributed by atoms with van der Waals surface area (Å²) < 4.78 is 10.9. The van der Waals surface area contributed by atoms with Crippen molar-refractivity contribution in [3.8, 4) is 5.75 Å². The van der Waals surface area contributed by atoms with E-state index in [-0.39, 0.29) is 12.0 Å². The first-order valence-corrected chi connectivity index (χ1v) is 8.07. The molecule has 0 saturated carbocycles. The number of amides is 1. The number of carbonyl (C=O) groups excluding carboxylic acids is 1. The van der Waals surface area contributed by atoms with Crippen molar-refractivity contribution >= 4 is 5.91 Å². The SMILES string of the molecule is CCCc1noc(CCC(=O)NC[C@@H]2Cc3ccccc3O2)n1. The minimum atomic E-state index is -0.0280. The van der Waals surface area contributed by atoms with Crippen LogP contribution in [0.2, 0.25) is 0 Å². The van der Waals surface area contributed by atoms with Gasteiger partial charge in [-0.2, -0.15) is 4.98 Å². The zero-order valence-corrected chi connectivity index (χ0v) is 13.2. The van der Waals surface area contributed by atoms with Crippen LogP contribution in [0.3, 0.4) is 0 Å². The van der Waals surface area contributed by atoms with Gasteiger partial charge in [-0.3, -0.25) is 4.79 Å². The largest absolute Gasteiger partial charge is 0.488 e. The summed E-state index contributed by atoms with van der Waals surface area (Å²) in [4.78, 5) is 16.2. The Labute approximate surface area is 135 Å². The number of nitrogens with zero attached hydrogens (tertiary/aromatic N) is 2. The molecule has 1 aliphatic rings. The molecule has 6 nitrogen and oxygen atoms in total. The predicted octanol–water partition coefficient (Wildman–Crippen LogP) is 2.07. The third-order valence-electron chi connectivity index (χ3n) is 3.79. The van der Waals surface area contributed by atoms with E-state index in [0.717, 1.165) is 25.0 Å². The number of benzene rings is 1. The molecule has 1 aliphatic heterocycles. The van der Waals surface area contributed by atoms with Gasteiger partial charge in [-0.15, -0.1) is 0 Å². The molecular weight excluding hydrogens is 294 g/mol. The quantitative estimate of drug-likeness (QED) is 0.846. The average Bonchev–Trinajstić information content (AvgIpc) is 3.17. The Hall–Kier alpha value is -2.37. The first-order chi connectivity index (χ1) is 11.2. The molecule has 1 aromatic carbocycles. The van der Waals surface area contributed by atoms with Gasteiger partial charge in [-0.25, -0.2) is 0 Å². The van der Waals surface area contributed by atoms with Crippen molar-refractivity contribution in [1.82, 2.24) is 15.5 Å². The van der Waals surface area contributed by atoms with Crippen molar-refractivity contribution in [1.29, 1.82) is 0 Å². The number of fused-ring (bicyclic) bond motifs is 1. The van der Waals surface area contributed by atoms with E-state index in [9.17, 15) is 4.79 Å². The van der Waals surface area contributed by atoms with Crippen LogP contribution in [0.25, 0.3) is 0 Å². The zero-order valence-electron chi connectivity index (χ0n) is 13.2. The molecule has 1 N–H and O–H groups in total. The summed E-state index contributed by atoms with van der Waals surface area (Å²) in [5.74, 6) is 2.12.